The average molecular weight is 155 g/mol. The Morgan fingerprint density at radius 2 is 2.18 bits per heavy atom. The molecule has 0 aliphatic rings. The zero-order chi connectivity index (χ0) is 8.27. The molecule has 0 saturated heterocycles. The third-order valence-electron chi connectivity index (χ3n) is 1.15. The Morgan fingerprint density at radius 3 is 2.64 bits per heavy atom. The Morgan fingerprint density at radius 1 is 1.45 bits per heavy atom. The highest BCUT2D eigenvalue weighted by Gasteiger charge is 2.02. The average Bonchev–Trinajstić information content (AvgIpc) is 2.04. The van der Waals surface area contributed by atoms with E-state index in [2.05, 4.69) is 4.94 Å². The van der Waals surface area contributed by atoms with Gasteiger partial charge in [0.05, 0.1) is 5.56 Å². The van der Waals surface area contributed by atoms with Gasteiger partial charge in [-0.1, -0.05) is 0 Å². The van der Waals surface area contributed by atoms with Gasteiger partial charge < -0.3 is 0 Å². The highest BCUT2D eigenvalue weighted by atomic mass is 19.3. The summed E-state index contributed by atoms with van der Waals surface area (Å²) in [6.45, 7) is 0. The van der Waals surface area contributed by atoms with E-state index < -0.39 is 5.82 Å². The van der Waals surface area contributed by atoms with Gasteiger partial charge in [0.25, 0.3) is 0 Å². The van der Waals surface area contributed by atoms with Crippen molar-refractivity contribution in [3.8, 4) is 11.8 Å². The zero-order valence-corrected chi connectivity index (χ0v) is 5.34. The summed E-state index contributed by atoms with van der Waals surface area (Å²) in [5.74, 6) is -1.04. The van der Waals surface area contributed by atoms with Gasteiger partial charge in [0.15, 0.2) is 5.75 Å². The molecule has 4 heteroatoms. The molecule has 0 amide bonds. The maximum Gasteiger partial charge on any atom is 0.174 e. The Bertz CT molecular complexity index is 306. The van der Waals surface area contributed by atoms with Gasteiger partial charge in [-0.05, 0) is 12.1 Å². The van der Waals surface area contributed by atoms with Gasteiger partial charge in [0, 0.05) is 10.6 Å². The van der Waals surface area contributed by atoms with Crippen molar-refractivity contribution in [1.29, 1.82) is 5.26 Å². The molecule has 0 heterocycles. The van der Waals surface area contributed by atoms with Crippen molar-refractivity contribution in [2.75, 3.05) is 0 Å². The maximum atomic E-state index is 12.6. The Hall–Kier alpha value is -1.63. The Balaban J connectivity index is 3.12. The molecule has 0 fully saturated rings. The maximum absolute atomic E-state index is 12.6. The van der Waals surface area contributed by atoms with Crippen LogP contribution in [0.4, 0.5) is 8.92 Å². The number of benzene rings is 1. The second-order valence-corrected chi connectivity index (χ2v) is 1.83. The highest BCUT2D eigenvalue weighted by molar-refractivity contribution is 5.35. The fourth-order valence-electron chi connectivity index (χ4n) is 0.634. The highest BCUT2D eigenvalue weighted by Crippen LogP contribution is 2.15. The van der Waals surface area contributed by atoms with Crippen LogP contribution in [0.3, 0.4) is 0 Å². The minimum absolute atomic E-state index is 0.134. The first-order chi connectivity index (χ1) is 5.27. The molecule has 0 N–H and O–H groups in total. The summed E-state index contributed by atoms with van der Waals surface area (Å²) in [7, 11) is 0. The number of hydrogen-bond donors (Lipinski definition) is 0. The lowest BCUT2D eigenvalue weighted by atomic mass is 10.2. The van der Waals surface area contributed by atoms with Crippen LogP contribution in [0.15, 0.2) is 18.2 Å². The van der Waals surface area contributed by atoms with Crippen LogP contribution in [-0.4, -0.2) is 0 Å². The quantitative estimate of drug-likeness (QED) is 0.621. The molecule has 0 aliphatic carbocycles. The number of halogens is 2. The summed E-state index contributed by atoms with van der Waals surface area (Å²) in [5, 5.41) is 8.26. The van der Waals surface area contributed by atoms with Gasteiger partial charge in [-0.15, -0.1) is 0 Å². The molecule has 0 radical (unpaired) electrons. The number of nitrogens with zero attached hydrogens (tertiary/aromatic N) is 1. The van der Waals surface area contributed by atoms with Crippen LogP contribution < -0.4 is 4.94 Å². The first-order valence-corrected chi connectivity index (χ1v) is 2.76. The van der Waals surface area contributed by atoms with E-state index in [0.29, 0.717) is 0 Å². The standard InChI is InChI=1S/C7H3F2NO/c8-7-3-6(11-9)2-1-5(7)4-10/h1-3H. The van der Waals surface area contributed by atoms with Crippen molar-refractivity contribution < 1.29 is 13.9 Å². The fraction of sp³-hybridized carbons (Fsp3) is 0. The predicted molar refractivity (Wildman–Crippen MR) is 32.9 cm³/mol. The van der Waals surface area contributed by atoms with Gasteiger partial charge >= 0.3 is 0 Å². The second-order valence-electron chi connectivity index (χ2n) is 1.83. The summed E-state index contributed by atoms with van der Waals surface area (Å²) in [5.41, 5.74) is -0.134. The number of rotatable bonds is 1. The summed E-state index contributed by atoms with van der Waals surface area (Å²) in [4.78, 5) is 3.25. The molecule has 0 saturated carbocycles. The molecule has 0 aliphatic heterocycles. The predicted octanol–water partition coefficient (Wildman–Crippen LogP) is 1.96. The third kappa shape index (κ3) is 1.44. The molecule has 1 aromatic carbocycles. The molecule has 0 spiro atoms. The van der Waals surface area contributed by atoms with Crippen LogP contribution in [0.1, 0.15) is 5.56 Å². The smallest absolute Gasteiger partial charge is 0.174 e. The van der Waals surface area contributed by atoms with Gasteiger partial charge in [0.1, 0.15) is 11.9 Å². The zero-order valence-electron chi connectivity index (χ0n) is 5.34. The van der Waals surface area contributed by atoms with E-state index in [1.807, 2.05) is 0 Å². The molecule has 0 bridgehead atoms. The van der Waals surface area contributed by atoms with Crippen molar-refractivity contribution >= 4 is 0 Å². The van der Waals surface area contributed by atoms with E-state index in [9.17, 15) is 8.92 Å². The van der Waals surface area contributed by atoms with Gasteiger partial charge in [0.2, 0.25) is 0 Å². The summed E-state index contributed by atoms with van der Waals surface area (Å²) >= 11 is 0. The third-order valence-corrected chi connectivity index (χ3v) is 1.15. The summed E-state index contributed by atoms with van der Waals surface area (Å²) in [6, 6.07) is 4.71. The van der Waals surface area contributed by atoms with Crippen molar-refractivity contribution in [3.05, 3.63) is 29.6 Å². The summed E-state index contributed by atoms with van der Waals surface area (Å²) < 4.78 is 24.0. The second kappa shape index (κ2) is 2.97. The first-order valence-electron chi connectivity index (χ1n) is 2.76. The topological polar surface area (TPSA) is 33.0 Å². The molecular weight excluding hydrogens is 152 g/mol. The Labute approximate surface area is 61.5 Å². The molecule has 0 aromatic heterocycles. The largest absolute Gasteiger partial charge is 0.294 e. The van der Waals surface area contributed by atoms with E-state index >= 15 is 0 Å². The lowest BCUT2D eigenvalue weighted by Crippen LogP contribution is -1.84. The summed E-state index contributed by atoms with van der Waals surface area (Å²) in [6.07, 6.45) is 0. The van der Waals surface area contributed by atoms with Crippen molar-refractivity contribution in [2.45, 2.75) is 0 Å². The minimum atomic E-state index is -0.789. The van der Waals surface area contributed by atoms with E-state index in [-0.39, 0.29) is 11.3 Å². The van der Waals surface area contributed by atoms with Gasteiger partial charge in [-0.25, -0.2) is 4.39 Å². The molecule has 0 atom stereocenters. The number of nitriles is 1. The van der Waals surface area contributed by atoms with Crippen LogP contribution >= 0.6 is 0 Å². The van der Waals surface area contributed by atoms with E-state index in [4.69, 9.17) is 5.26 Å². The van der Waals surface area contributed by atoms with E-state index in [1.54, 1.807) is 6.07 Å². The van der Waals surface area contributed by atoms with E-state index in [0.717, 1.165) is 12.1 Å². The Kier molecular flexibility index (Phi) is 2.02. The molecule has 0 unspecified atom stereocenters. The molecule has 1 rings (SSSR count). The number of hydrogen-bond acceptors (Lipinski definition) is 2. The monoisotopic (exact) mass is 155 g/mol. The van der Waals surface area contributed by atoms with Crippen LogP contribution in [0.25, 0.3) is 0 Å². The minimum Gasteiger partial charge on any atom is -0.294 e. The van der Waals surface area contributed by atoms with Crippen molar-refractivity contribution in [2.24, 2.45) is 0 Å². The first kappa shape index (κ1) is 7.48. The normalized spacial score (nSPS) is 8.82. The van der Waals surface area contributed by atoms with Crippen molar-refractivity contribution in [3.63, 3.8) is 0 Å². The fourth-order valence-corrected chi connectivity index (χ4v) is 0.634. The van der Waals surface area contributed by atoms with E-state index in [1.165, 1.54) is 6.07 Å². The van der Waals surface area contributed by atoms with Crippen LogP contribution in [0, 0.1) is 17.1 Å². The lowest BCUT2D eigenvalue weighted by molar-refractivity contribution is -0.00655. The molecule has 11 heavy (non-hydrogen) atoms. The molecule has 1 aromatic rings. The van der Waals surface area contributed by atoms with Crippen molar-refractivity contribution in [1.82, 2.24) is 0 Å². The SMILES string of the molecule is N#Cc1ccc(OF)cc1F. The molecular formula is C7H3F2NO. The molecule has 2 nitrogen and oxygen atoms in total. The van der Waals surface area contributed by atoms with Crippen LogP contribution in [-0.2, 0) is 0 Å². The van der Waals surface area contributed by atoms with Gasteiger partial charge in [-0.3, -0.25) is 4.94 Å². The van der Waals surface area contributed by atoms with Crippen LogP contribution in [0.5, 0.6) is 5.75 Å². The molecule has 56 valence electrons. The van der Waals surface area contributed by atoms with Crippen LogP contribution in [0.2, 0.25) is 0 Å². The van der Waals surface area contributed by atoms with Gasteiger partial charge in [-0.2, -0.15) is 5.26 Å². The lowest BCUT2D eigenvalue weighted by Gasteiger charge is -1.94.